The van der Waals surface area contributed by atoms with Crippen molar-refractivity contribution in [2.75, 3.05) is 18.2 Å². The van der Waals surface area contributed by atoms with Gasteiger partial charge in [-0.3, -0.25) is 14.9 Å². The molecule has 0 fully saturated rings. The molecule has 0 aliphatic carbocycles. The summed E-state index contributed by atoms with van der Waals surface area (Å²) in [4.78, 5) is 22.8. The van der Waals surface area contributed by atoms with Crippen molar-refractivity contribution in [3.05, 3.63) is 57.6 Å². The number of carbonyl (C=O) groups excluding carboxylic acids is 1. The Bertz CT molecular complexity index is 1090. The molecule has 156 valence electrons. The molecule has 2 aromatic carbocycles. The number of thioether (sulfide) groups is 1. The number of nitrogens with one attached hydrogen (secondary N) is 1. The first-order chi connectivity index (χ1) is 14.4. The van der Waals surface area contributed by atoms with E-state index in [2.05, 4.69) is 15.5 Å². The van der Waals surface area contributed by atoms with Crippen LogP contribution in [0.3, 0.4) is 0 Å². The highest BCUT2D eigenvalue weighted by Gasteiger charge is 2.17. The Hall–Kier alpha value is -3.11. The molecule has 30 heavy (non-hydrogen) atoms. The number of nitro groups is 1. The van der Waals surface area contributed by atoms with E-state index < -0.39 is 4.92 Å². The molecule has 0 bridgehead atoms. The summed E-state index contributed by atoms with van der Waals surface area (Å²) in [5.41, 5.74) is 1.07. The van der Waals surface area contributed by atoms with Crippen molar-refractivity contribution in [1.29, 1.82) is 0 Å². The highest BCUT2D eigenvalue weighted by molar-refractivity contribution is 7.99. The molecule has 0 radical (unpaired) electrons. The fourth-order valence-corrected chi connectivity index (χ4v) is 3.75. The van der Waals surface area contributed by atoms with Crippen molar-refractivity contribution < 1.29 is 14.5 Å². The van der Waals surface area contributed by atoms with E-state index in [4.69, 9.17) is 16.3 Å². The zero-order chi connectivity index (χ0) is 21.7. The van der Waals surface area contributed by atoms with Crippen molar-refractivity contribution >= 4 is 40.6 Å². The molecule has 0 spiro atoms. The maximum Gasteiger partial charge on any atom is 0.311 e. The summed E-state index contributed by atoms with van der Waals surface area (Å²) in [7, 11) is 1.33. The Labute approximate surface area is 181 Å². The molecule has 0 atom stereocenters. The maximum atomic E-state index is 12.3. The van der Waals surface area contributed by atoms with Gasteiger partial charge >= 0.3 is 5.69 Å². The Morgan fingerprint density at radius 3 is 2.77 bits per heavy atom. The number of halogens is 1. The molecule has 3 rings (SSSR count). The number of ether oxygens (including phenoxy) is 1. The first kappa shape index (κ1) is 21.6. The van der Waals surface area contributed by atoms with Gasteiger partial charge in [0.2, 0.25) is 5.91 Å². The van der Waals surface area contributed by atoms with Gasteiger partial charge in [0.15, 0.2) is 16.7 Å². The molecule has 9 nitrogen and oxygen atoms in total. The maximum absolute atomic E-state index is 12.3. The van der Waals surface area contributed by atoms with Crippen LogP contribution in [0.1, 0.15) is 6.92 Å². The number of rotatable bonds is 8. The Kier molecular flexibility index (Phi) is 6.91. The van der Waals surface area contributed by atoms with Crippen LogP contribution in [0.2, 0.25) is 5.02 Å². The van der Waals surface area contributed by atoms with Crippen molar-refractivity contribution in [3.8, 4) is 17.1 Å². The second-order valence-corrected chi connectivity index (χ2v) is 7.42. The number of nitro benzene ring substituents is 1. The van der Waals surface area contributed by atoms with Gasteiger partial charge in [0.05, 0.1) is 17.8 Å². The van der Waals surface area contributed by atoms with Crippen molar-refractivity contribution in [3.63, 3.8) is 0 Å². The van der Waals surface area contributed by atoms with E-state index in [1.165, 1.54) is 37.1 Å². The number of methoxy groups -OCH3 is 1. The summed E-state index contributed by atoms with van der Waals surface area (Å²) in [5.74, 6) is 0.545. The van der Waals surface area contributed by atoms with Crippen molar-refractivity contribution in [2.24, 2.45) is 0 Å². The molecular weight excluding hydrogens is 430 g/mol. The molecule has 11 heteroatoms. The van der Waals surface area contributed by atoms with E-state index in [9.17, 15) is 14.9 Å². The van der Waals surface area contributed by atoms with Gasteiger partial charge in [0.1, 0.15) is 0 Å². The largest absolute Gasteiger partial charge is 0.490 e. The molecule has 1 aromatic heterocycles. The highest BCUT2D eigenvalue weighted by atomic mass is 35.5. The number of amides is 1. The average molecular weight is 448 g/mol. The summed E-state index contributed by atoms with van der Waals surface area (Å²) in [6, 6.07) is 11.5. The normalized spacial score (nSPS) is 10.6. The summed E-state index contributed by atoms with van der Waals surface area (Å²) in [6.45, 7) is 2.59. The molecule has 3 aromatic rings. The van der Waals surface area contributed by atoms with Crippen LogP contribution < -0.4 is 10.1 Å². The molecule has 0 unspecified atom stereocenters. The molecule has 1 heterocycles. The summed E-state index contributed by atoms with van der Waals surface area (Å²) in [5, 5.41) is 23.3. The van der Waals surface area contributed by atoms with E-state index in [-0.39, 0.29) is 23.1 Å². The van der Waals surface area contributed by atoms with Gasteiger partial charge in [-0.1, -0.05) is 35.5 Å². The minimum absolute atomic E-state index is 0.0716. The average Bonchev–Trinajstić information content (AvgIpc) is 3.15. The highest BCUT2D eigenvalue weighted by Crippen LogP contribution is 2.30. The van der Waals surface area contributed by atoms with Gasteiger partial charge in [-0.15, -0.1) is 10.2 Å². The van der Waals surface area contributed by atoms with Gasteiger partial charge in [0, 0.05) is 35.0 Å². The number of nitrogens with zero attached hydrogens (tertiary/aromatic N) is 4. The van der Waals surface area contributed by atoms with Crippen LogP contribution >= 0.6 is 23.4 Å². The quantitative estimate of drug-likeness (QED) is 0.311. The van der Waals surface area contributed by atoms with Crippen LogP contribution in [-0.4, -0.2) is 38.5 Å². The van der Waals surface area contributed by atoms with E-state index in [1.807, 2.05) is 23.6 Å². The standard InChI is InChI=1S/C19H18ClN5O4S/c1-3-24-18(12-5-4-6-13(20)9-12)22-23-19(24)30-11-17(26)21-14-7-8-15(25(27)28)16(10-14)29-2/h4-10H,3,11H2,1-2H3,(H,21,26). The lowest BCUT2D eigenvalue weighted by molar-refractivity contribution is -0.385. The van der Waals surface area contributed by atoms with Gasteiger partial charge in [-0.25, -0.2) is 0 Å². The Morgan fingerprint density at radius 1 is 1.30 bits per heavy atom. The Morgan fingerprint density at radius 2 is 2.10 bits per heavy atom. The lowest BCUT2D eigenvalue weighted by Gasteiger charge is -2.09. The van der Waals surface area contributed by atoms with Crippen LogP contribution in [0.15, 0.2) is 47.6 Å². The number of hydrogen-bond donors (Lipinski definition) is 1. The summed E-state index contributed by atoms with van der Waals surface area (Å²) >= 11 is 7.31. The summed E-state index contributed by atoms with van der Waals surface area (Å²) < 4.78 is 6.91. The zero-order valence-corrected chi connectivity index (χ0v) is 17.7. The first-order valence-corrected chi connectivity index (χ1v) is 10.2. The van der Waals surface area contributed by atoms with E-state index >= 15 is 0 Å². The van der Waals surface area contributed by atoms with Gasteiger partial charge in [0.25, 0.3) is 0 Å². The number of hydrogen-bond acceptors (Lipinski definition) is 7. The van der Waals surface area contributed by atoms with E-state index in [0.29, 0.717) is 28.2 Å². The molecular formula is C19H18ClN5O4S. The smallest absolute Gasteiger partial charge is 0.311 e. The lowest BCUT2D eigenvalue weighted by atomic mass is 10.2. The molecule has 0 aliphatic heterocycles. The minimum atomic E-state index is -0.546. The van der Waals surface area contributed by atoms with Crippen LogP contribution in [0.5, 0.6) is 5.75 Å². The number of aromatic nitrogens is 3. The fraction of sp³-hybridized carbons (Fsp3) is 0.211. The SMILES string of the molecule is CCn1c(SCC(=O)Nc2ccc([N+](=O)[O-])c(OC)c2)nnc1-c1cccc(Cl)c1. The zero-order valence-electron chi connectivity index (χ0n) is 16.2. The fourth-order valence-electron chi connectivity index (χ4n) is 2.76. The number of benzene rings is 2. The van der Waals surface area contributed by atoms with Crippen LogP contribution in [0.4, 0.5) is 11.4 Å². The second-order valence-electron chi connectivity index (χ2n) is 6.04. The first-order valence-electron chi connectivity index (χ1n) is 8.87. The predicted octanol–water partition coefficient (Wildman–Crippen LogP) is 4.27. The molecule has 0 aliphatic rings. The molecule has 0 saturated carbocycles. The topological polar surface area (TPSA) is 112 Å². The summed E-state index contributed by atoms with van der Waals surface area (Å²) in [6.07, 6.45) is 0. The lowest BCUT2D eigenvalue weighted by Crippen LogP contribution is -2.14. The van der Waals surface area contributed by atoms with Crippen molar-refractivity contribution in [1.82, 2.24) is 14.8 Å². The molecule has 1 amide bonds. The van der Waals surface area contributed by atoms with Gasteiger partial charge in [-0.05, 0) is 25.1 Å². The van der Waals surface area contributed by atoms with E-state index in [1.54, 1.807) is 12.1 Å². The molecule has 0 saturated heterocycles. The van der Waals surface area contributed by atoms with Gasteiger partial charge < -0.3 is 14.6 Å². The van der Waals surface area contributed by atoms with Gasteiger partial charge in [-0.2, -0.15) is 0 Å². The third kappa shape index (κ3) is 4.89. The van der Waals surface area contributed by atoms with Crippen molar-refractivity contribution in [2.45, 2.75) is 18.6 Å². The van der Waals surface area contributed by atoms with Crippen LogP contribution in [-0.2, 0) is 11.3 Å². The third-order valence-corrected chi connectivity index (χ3v) is 5.31. The monoisotopic (exact) mass is 447 g/mol. The Balaban J connectivity index is 1.69. The second kappa shape index (κ2) is 9.59. The third-order valence-electron chi connectivity index (χ3n) is 4.11. The minimum Gasteiger partial charge on any atom is -0.490 e. The molecule has 1 N–H and O–H groups in total. The van der Waals surface area contributed by atoms with Crippen LogP contribution in [0.25, 0.3) is 11.4 Å². The predicted molar refractivity (Wildman–Crippen MR) is 115 cm³/mol. The van der Waals surface area contributed by atoms with E-state index in [0.717, 1.165) is 5.56 Å². The number of anilines is 1. The van der Waals surface area contributed by atoms with Crippen LogP contribution in [0, 0.1) is 10.1 Å². The number of carbonyl (C=O) groups is 1.